The van der Waals surface area contributed by atoms with Crippen LogP contribution in [0.25, 0.3) is 0 Å². The fourth-order valence-electron chi connectivity index (χ4n) is 2.38. The number of rotatable bonds is 6. The highest BCUT2D eigenvalue weighted by Crippen LogP contribution is 2.18. The molecule has 138 valence electrons. The van der Waals surface area contributed by atoms with Crippen LogP contribution in [0.5, 0.6) is 0 Å². The van der Waals surface area contributed by atoms with Crippen LogP contribution in [0.2, 0.25) is 0 Å². The second kappa shape index (κ2) is 9.84. The first-order valence-electron chi connectivity index (χ1n) is 8.79. The Morgan fingerprint density at radius 3 is 1.44 bits per heavy atom. The van der Waals surface area contributed by atoms with Gasteiger partial charge in [0.05, 0.1) is 0 Å². The van der Waals surface area contributed by atoms with Gasteiger partial charge in [-0.05, 0) is 36.8 Å². The Kier molecular flexibility index (Phi) is 7.80. The van der Waals surface area contributed by atoms with Crippen molar-refractivity contribution < 1.29 is 0 Å². The van der Waals surface area contributed by atoms with E-state index in [-0.39, 0.29) is 24.0 Å². The predicted molar refractivity (Wildman–Crippen MR) is 115 cm³/mol. The molecule has 0 aliphatic heterocycles. The van der Waals surface area contributed by atoms with E-state index >= 15 is 0 Å². The molecule has 6 nitrogen and oxygen atoms in total. The smallest absolute Gasteiger partial charge is 0.191 e. The van der Waals surface area contributed by atoms with E-state index in [0.717, 1.165) is 25.0 Å². The number of guanidine groups is 2. The molecule has 1 aromatic carbocycles. The maximum Gasteiger partial charge on any atom is 0.191 e. The van der Waals surface area contributed by atoms with E-state index in [1.54, 1.807) is 0 Å². The van der Waals surface area contributed by atoms with Gasteiger partial charge < -0.3 is 21.3 Å². The minimum atomic E-state index is 0. The molecular formula is C18H29IN6. The van der Waals surface area contributed by atoms with E-state index in [1.807, 2.05) is 14.1 Å². The summed E-state index contributed by atoms with van der Waals surface area (Å²) in [6.45, 7) is 1.57. The Labute approximate surface area is 167 Å². The fraction of sp³-hybridized carbons (Fsp3) is 0.556. The molecule has 0 saturated heterocycles. The number of hydrogen-bond donors (Lipinski definition) is 4. The van der Waals surface area contributed by atoms with Gasteiger partial charge in [-0.1, -0.05) is 24.3 Å². The van der Waals surface area contributed by atoms with Crippen molar-refractivity contribution in [3.05, 3.63) is 35.4 Å². The molecule has 2 aliphatic carbocycles. The van der Waals surface area contributed by atoms with Gasteiger partial charge in [-0.3, -0.25) is 9.98 Å². The number of halogens is 1. The largest absolute Gasteiger partial charge is 0.354 e. The molecule has 0 aromatic heterocycles. The molecule has 0 bridgehead atoms. The van der Waals surface area contributed by atoms with Crippen LogP contribution in [0.15, 0.2) is 34.3 Å². The van der Waals surface area contributed by atoms with Crippen molar-refractivity contribution in [2.45, 2.75) is 50.9 Å². The third-order valence-corrected chi connectivity index (χ3v) is 4.23. The summed E-state index contributed by atoms with van der Waals surface area (Å²) in [6, 6.07) is 9.86. The second-order valence-electron chi connectivity index (χ2n) is 6.51. The zero-order valence-corrected chi connectivity index (χ0v) is 17.3. The summed E-state index contributed by atoms with van der Waals surface area (Å²) in [5.41, 5.74) is 2.50. The number of hydrogen-bond acceptors (Lipinski definition) is 2. The zero-order chi connectivity index (χ0) is 16.8. The molecule has 2 aliphatic rings. The summed E-state index contributed by atoms with van der Waals surface area (Å²) in [4.78, 5) is 8.50. The molecule has 0 radical (unpaired) electrons. The van der Waals surface area contributed by atoms with E-state index in [1.165, 1.54) is 36.8 Å². The minimum absolute atomic E-state index is 0. The lowest BCUT2D eigenvalue weighted by Crippen LogP contribution is -2.38. The molecule has 4 N–H and O–H groups in total. The van der Waals surface area contributed by atoms with Gasteiger partial charge in [0.1, 0.15) is 0 Å². The number of nitrogens with zero attached hydrogens (tertiary/aromatic N) is 2. The topological polar surface area (TPSA) is 72.8 Å². The Bertz CT molecular complexity index is 537. The first kappa shape index (κ1) is 19.8. The Balaban J connectivity index is 0.00000225. The van der Waals surface area contributed by atoms with E-state index in [4.69, 9.17) is 0 Å². The quantitative estimate of drug-likeness (QED) is 0.300. The normalized spacial score (nSPS) is 17.5. The van der Waals surface area contributed by atoms with Gasteiger partial charge in [0.25, 0.3) is 0 Å². The van der Waals surface area contributed by atoms with Crippen LogP contribution in [0, 0.1) is 0 Å². The van der Waals surface area contributed by atoms with Crippen LogP contribution in [0.1, 0.15) is 36.8 Å². The van der Waals surface area contributed by atoms with E-state index in [9.17, 15) is 0 Å². The molecule has 0 atom stereocenters. The van der Waals surface area contributed by atoms with Gasteiger partial charge in [-0.15, -0.1) is 24.0 Å². The van der Waals surface area contributed by atoms with E-state index < -0.39 is 0 Å². The lowest BCUT2D eigenvalue weighted by Gasteiger charge is -2.13. The third-order valence-electron chi connectivity index (χ3n) is 4.23. The van der Waals surface area contributed by atoms with Gasteiger partial charge in [0.2, 0.25) is 0 Å². The van der Waals surface area contributed by atoms with Crippen LogP contribution < -0.4 is 21.3 Å². The predicted octanol–water partition coefficient (Wildman–Crippen LogP) is 1.96. The average molecular weight is 456 g/mol. The molecule has 1 aromatic rings. The molecule has 0 heterocycles. The summed E-state index contributed by atoms with van der Waals surface area (Å²) in [5, 5.41) is 13.5. The highest BCUT2D eigenvalue weighted by Gasteiger charge is 2.22. The van der Waals surface area contributed by atoms with Crippen molar-refractivity contribution in [3.63, 3.8) is 0 Å². The Hall–Kier alpha value is -1.51. The Morgan fingerprint density at radius 1 is 0.800 bits per heavy atom. The van der Waals surface area contributed by atoms with Crippen molar-refractivity contribution in [2.24, 2.45) is 9.98 Å². The van der Waals surface area contributed by atoms with E-state index in [2.05, 4.69) is 55.5 Å². The second-order valence-corrected chi connectivity index (χ2v) is 6.51. The number of aliphatic imine (C=N–C) groups is 2. The van der Waals surface area contributed by atoms with Crippen LogP contribution in [0.4, 0.5) is 0 Å². The molecule has 0 spiro atoms. The first-order valence-corrected chi connectivity index (χ1v) is 8.79. The van der Waals surface area contributed by atoms with Gasteiger partial charge >= 0.3 is 0 Å². The fourth-order valence-corrected chi connectivity index (χ4v) is 2.38. The van der Waals surface area contributed by atoms with Gasteiger partial charge in [0, 0.05) is 39.3 Å². The summed E-state index contributed by atoms with van der Waals surface area (Å²) in [7, 11) is 3.63. The Morgan fingerprint density at radius 2 is 1.16 bits per heavy atom. The van der Waals surface area contributed by atoms with Crippen LogP contribution in [0.3, 0.4) is 0 Å². The van der Waals surface area contributed by atoms with Gasteiger partial charge in [-0.2, -0.15) is 0 Å². The highest BCUT2D eigenvalue weighted by molar-refractivity contribution is 14.0. The summed E-state index contributed by atoms with van der Waals surface area (Å²) in [6.07, 6.45) is 5.00. The van der Waals surface area contributed by atoms with Crippen molar-refractivity contribution in [2.75, 3.05) is 14.1 Å². The van der Waals surface area contributed by atoms with Crippen molar-refractivity contribution in [1.29, 1.82) is 0 Å². The van der Waals surface area contributed by atoms with Crippen LogP contribution in [-0.2, 0) is 13.1 Å². The van der Waals surface area contributed by atoms with Crippen molar-refractivity contribution >= 4 is 35.9 Å². The van der Waals surface area contributed by atoms with Crippen molar-refractivity contribution in [1.82, 2.24) is 21.3 Å². The lowest BCUT2D eigenvalue weighted by atomic mass is 10.1. The monoisotopic (exact) mass is 456 g/mol. The molecule has 2 fully saturated rings. The molecular weight excluding hydrogens is 427 g/mol. The standard InChI is InChI=1S/C18H28N6.HI/c1-19-17(23-15-7-8-15)21-11-13-3-5-14(6-4-13)12-22-18(20-2)24-16-9-10-16;/h3-6,15-16H,7-12H2,1-2H3,(H2,19,21,23)(H2,20,22,24);1H. The number of nitrogens with one attached hydrogen (secondary N) is 4. The number of benzene rings is 1. The van der Waals surface area contributed by atoms with Crippen LogP contribution >= 0.6 is 24.0 Å². The molecule has 3 rings (SSSR count). The molecule has 7 heteroatoms. The summed E-state index contributed by atoms with van der Waals surface area (Å²) in [5.74, 6) is 1.77. The first-order chi connectivity index (χ1) is 11.8. The lowest BCUT2D eigenvalue weighted by molar-refractivity contribution is 0.798. The summed E-state index contributed by atoms with van der Waals surface area (Å²) < 4.78 is 0. The minimum Gasteiger partial charge on any atom is -0.354 e. The van der Waals surface area contributed by atoms with Crippen LogP contribution in [-0.4, -0.2) is 38.1 Å². The molecule has 0 amide bonds. The van der Waals surface area contributed by atoms with Gasteiger partial charge in [-0.25, -0.2) is 0 Å². The molecule has 0 unspecified atom stereocenters. The summed E-state index contributed by atoms with van der Waals surface area (Å²) >= 11 is 0. The maximum atomic E-state index is 4.25. The van der Waals surface area contributed by atoms with Crippen molar-refractivity contribution in [3.8, 4) is 0 Å². The molecule has 25 heavy (non-hydrogen) atoms. The zero-order valence-electron chi connectivity index (χ0n) is 15.0. The maximum absolute atomic E-state index is 4.25. The highest BCUT2D eigenvalue weighted by atomic mass is 127. The average Bonchev–Trinajstić information content (AvgIpc) is 3.52. The third kappa shape index (κ3) is 7.09. The van der Waals surface area contributed by atoms with E-state index in [0.29, 0.717) is 12.1 Å². The SMILES string of the molecule is CN=C(NCc1ccc(CNC(=NC)NC2CC2)cc1)NC1CC1.I. The van der Waals surface area contributed by atoms with Gasteiger partial charge in [0.15, 0.2) is 11.9 Å². The molecule has 2 saturated carbocycles.